The highest BCUT2D eigenvalue weighted by molar-refractivity contribution is 5.27. The summed E-state index contributed by atoms with van der Waals surface area (Å²) in [6, 6.07) is 5.02. The molecular formula is C9H7F5O. The molecule has 1 rings (SSSR count). The van der Waals surface area contributed by atoms with Crippen LogP contribution in [0.2, 0.25) is 0 Å². The second-order valence-electron chi connectivity index (χ2n) is 2.93. The van der Waals surface area contributed by atoms with Crippen molar-refractivity contribution in [2.75, 3.05) is 0 Å². The van der Waals surface area contributed by atoms with Gasteiger partial charge in [-0.25, -0.2) is 0 Å². The summed E-state index contributed by atoms with van der Waals surface area (Å²) in [5.41, 5.74) is 0.533. The van der Waals surface area contributed by atoms with Gasteiger partial charge in [-0.1, -0.05) is 12.1 Å². The zero-order chi connectivity index (χ0) is 11.7. The molecule has 0 heterocycles. The van der Waals surface area contributed by atoms with Gasteiger partial charge in [0.1, 0.15) is 5.75 Å². The van der Waals surface area contributed by atoms with Crippen LogP contribution in [0.15, 0.2) is 24.3 Å². The molecule has 0 bridgehead atoms. The molecule has 0 saturated carbocycles. The zero-order valence-electron chi connectivity index (χ0n) is 7.61. The first-order chi connectivity index (χ1) is 6.72. The Labute approximate surface area is 82.5 Å². The van der Waals surface area contributed by atoms with Crippen molar-refractivity contribution in [1.82, 2.24) is 0 Å². The largest absolute Gasteiger partial charge is 0.499 e. The standard InChI is InChI=1S/C9H7F5O/c1-6-3-2-4-7(5-6)15-9(13,14)8(10,11)12/h2-5H,1H3. The Morgan fingerprint density at radius 1 is 1.07 bits per heavy atom. The predicted molar refractivity (Wildman–Crippen MR) is 42.8 cm³/mol. The van der Waals surface area contributed by atoms with Crippen LogP contribution < -0.4 is 4.74 Å². The van der Waals surface area contributed by atoms with Crippen molar-refractivity contribution in [2.45, 2.75) is 19.2 Å². The van der Waals surface area contributed by atoms with E-state index in [1.54, 1.807) is 13.0 Å². The summed E-state index contributed by atoms with van der Waals surface area (Å²) in [5.74, 6) is -0.516. The lowest BCUT2D eigenvalue weighted by molar-refractivity contribution is -0.360. The fourth-order valence-electron chi connectivity index (χ4n) is 0.885. The van der Waals surface area contributed by atoms with E-state index in [0.717, 1.165) is 12.1 Å². The van der Waals surface area contributed by atoms with Crippen molar-refractivity contribution in [3.8, 4) is 5.75 Å². The first kappa shape index (κ1) is 11.7. The predicted octanol–water partition coefficient (Wildman–Crippen LogP) is 3.53. The SMILES string of the molecule is Cc1cccc(OC(F)(F)C(F)(F)F)c1. The summed E-state index contributed by atoms with van der Waals surface area (Å²) in [5, 5.41) is 0. The quantitative estimate of drug-likeness (QED) is 0.701. The van der Waals surface area contributed by atoms with Crippen molar-refractivity contribution in [3.05, 3.63) is 29.8 Å². The number of hydrogen-bond donors (Lipinski definition) is 0. The Hall–Kier alpha value is -1.33. The lowest BCUT2D eigenvalue weighted by atomic mass is 10.2. The lowest BCUT2D eigenvalue weighted by Crippen LogP contribution is -2.41. The Kier molecular flexibility index (Phi) is 2.88. The molecule has 0 aliphatic rings. The maximum Gasteiger partial charge on any atom is 0.499 e. The van der Waals surface area contributed by atoms with Gasteiger partial charge < -0.3 is 4.74 Å². The molecule has 0 fully saturated rings. The Morgan fingerprint density at radius 3 is 2.13 bits per heavy atom. The highest BCUT2D eigenvalue weighted by Crippen LogP contribution is 2.37. The van der Waals surface area contributed by atoms with Gasteiger partial charge >= 0.3 is 12.3 Å². The second-order valence-corrected chi connectivity index (χ2v) is 2.93. The highest BCUT2D eigenvalue weighted by Gasteiger charge is 2.61. The molecule has 0 unspecified atom stereocenters. The fraction of sp³-hybridized carbons (Fsp3) is 0.333. The number of alkyl halides is 5. The first-order valence-corrected chi connectivity index (χ1v) is 3.92. The molecule has 0 radical (unpaired) electrons. The molecule has 6 heteroatoms. The summed E-state index contributed by atoms with van der Waals surface area (Å²) < 4.78 is 63.6. The van der Waals surface area contributed by atoms with Gasteiger partial charge in [-0.15, -0.1) is 0 Å². The van der Waals surface area contributed by atoms with Crippen LogP contribution >= 0.6 is 0 Å². The molecule has 1 aromatic carbocycles. The number of hydrogen-bond acceptors (Lipinski definition) is 1. The van der Waals surface area contributed by atoms with E-state index in [2.05, 4.69) is 4.74 Å². The maximum atomic E-state index is 12.4. The van der Waals surface area contributed by atoms with Gasteiger partial charge in [-0.3, -0.25) is 0 Å². The van der Waals surface area contributed by atoms with Crippen molar-refractivity contribution in [2.24, 2.45) is 0 Å². The molecule has 0 spiro atoms. The van der Waals surface area contributed by atoms with Crippen LogP contribution in [0.1, 0.15) is 5.56 Å². The van der Waals surface area contributed by atoms with Gasteiger partial charge in [0.2, 0.25) is 0 Å². The van der Waals surface area contributed by atoms with E-state index in [4.69, 9.17) is 0 Å². The van der Waals surface area contributed by atoms with Crippen molar-refractivity contribution in [1.29, 1.82) is 0 Å². The monoisotopic (exact) mass is 226 g/mol. The average Bonchev–Trinajstić information content (AvgIpc) is 2.00. The number of aryl methyl sites for hydroxylation is 1. The van der Waals surface area contributed by atoms with Gasteiger partial charge in [0.15, 0.2) is 0 Å². The smallest absolute Gasteiger partial charge is 0.426 e. The summed E-state index contributed by atoms with van der Waals surface area (Å²) in [7, 11) is 0. The summed E-state index contributed by atoms with van der Waals surface area (Å²) in [6.07, 6.45) is -10.9. The number of ether oxygens (including phenoxy) is 1. The van der Waals surface area contributed by atoms with Gasteiger partial charge in [-0.05, 0) is 24.6 Å². The van der Waals surface area contributed by atoms with E-state index in [1.807, 2.05) is 0 Å². The minimum absolute atomic E-state index is 0.516. The summed E-state index contributed by atoms with van der Waals surface area (Å²) in [4.78, 5) is 0. The Morgan fingerprint density at radius 2 is 1.67 bits per heavy atom. The summed E-state index contributed by atoms with van der Waals surface area (Å²) >= 11 is 0. The van der Waals surface area contributed by atoms with Crippen LogP contribution in [-0.4, -0.2) is 12.3 Å². The van der Waals surface area contributed by atoms with E-state index < -0.39 is 18.0 Å². The normalized spacial score (nSPS) is 12.7. The zero-order valence-corrected chi connectivity index (χ0v) is 7.61. The summed E-state index contributed by atoms with van der Waals surface area (Å²) in [6.45, 7) is 1.55. The maximum absolute atomic E-state index is 12.4. The molecule has 1 aromatic rings. The number of benzene rings is 1. The molecule has 15 heavy (non-hydrogen) atoms. The Balaban J connectivity index is 2.87. The van der Waals surface area contributed by atoms with Gasteiger partial charge in [-0.2, -0.15) is 22.0 Å². The molecule has 0 aliphatic heterocycles. The van der Waals surface area contributed by atoms with Crippen LogP contribution in [0.5, 0.6) is 5.75 Å². The molecule has 0 atom stereocenters. The molecule has 0 N–H and O–H groups in total. The molecule has 0 aliphatic carbocycles. The van der Waals surface area contributed by atoms with E-state index in [0.29, 0.717) is 5.56 Å². The number of rotatable bonds is 2. The third-order valence-electron chi connectivity index (χ3n) is 1.57. The van der Waals surface area contributed by atoms with Crippen molar-refractivity contribution < 1.29 is 26.7 Å². The van der Waals surface area contributed by atoms with Gasteiger partial charge in [0.05, 0.1) is 0 Å². The third kappa shape index (κ3) is 2.81. The van der Waals surface area contributed by atoms with E-state index >= 15 is 0 Å². The van der Waals surface area contributed by atoms with Crippen molar-refractivity contribution in [3.63, 3.8) is 0 Å². The van der Waals surface area contributed by atoms with E-state index in [9.17, 15) is 22.0 Å². The van der Waals surface area contributed by atoms with E-state index in [1.165, 1.54) is 6.07 Å². The molecule has 0 amide bonds. The lowest BCUT2D eigenvalue weighted by Gasteiger charge is -2.20. The van der Waals surface area contributed by atoms with Gasteiger partial charge in [0, 0.05) is 0 Å². The molecular weight excluding hydrogens is 219 g/mol. The molecule has 84 valence electrons. The molecule has 1 nitrogen and oxygen atoms in total. The average molecular weight is 226 g/mol. The third-order valence-corrected chi connectivity index (χ3v) is 1.57. The minimum atomic E-state index is -5.71. The first-order valence-electron chi connectivity index (χ1n) is 3.92. The van der Waals surface area contributed by atoms with Crippen molar-refractivity contribution >= 4 is 0 Å². The van der Waals surface area contributed by atoms with E-state index in [-0.39, 0.29) is 0 Å². The number of halogens is 5. The minimum Gasteiger partial charge on any atom is -0.426 e. The second kappa shape index (κ2) is 3.67. The van der Waals surface area contributed by atoms with Crippen LogP contribution in [0.25, 0.3) is 0 Å². The van der Waals surface area contributed by atoms with Crippen LogP contribution in [0.3, 0.4) is 0 Å². The fourth-order valence-corrected chi connectivity index (χ4v) is 0.885. The van der Waals surface area contributed by atoms with Crippen LogP contribution in [-0.2, 0) is 0 Å². The molecule has 0 saturated heterocycles. The topological polar surface area (TPSA) is 9.23 Å². The van der Waals surface area contributed by atoms with Gasteiger partial charge in [0.25, 0.3) is 0 Å². The molecule has 0 aromatic heterocycles. The Bertz CT molecular complexity index is 345. The highest BCUT2D eigenvalue weighted by atomic mass is 19.4. The van der Waals surface area contributed by atoms with Crippen LogP contribution in [0.4, 0.5) is 22.0 Å². The van der Waals surface area contributed by atoms with Crippen LogP contribution in [0, 0.1) is 6.92 Å².